The zero-order valence-electron chi connectivity index (χ0n) is 16.7. The maximum Gasteiger partial charge on any atom is 0.221 e. The van der Waals surface area contributed by atoms with Crippen molar-refractivity contribution in [1.29, 1.82) is 0 Å². The van der Waals surface area contributed by atoms with Gasteiger partial charge in [0.15, 0.2) is 5.82 Å². The van der Waals surface area contributed by atoms with Crippen LogP contribution in [0.25, 0.3) is 6.08 Å². The molecule has 0 bridgehead atoms. The smallest absolute Gasteiger partial charge is 0.221 e. The molecule has 0 amide bonds. The minimum atomic E-state index is -0.0163. The van der Waals surface area contributed by atoms with E-state index in [1.165, 1.54) is 37.9 Å². The normalized spacial score (nSPS) is 15.2. The molecule has 0 aliphatic carbocycles. The molecule has 2 heterocycles. The lowest BCUT2D eigenvalue weighted by atomic mass is 10.1. The Morgan fingerprint density at radius 1 is 1.25 bits per heavy atom. The van der Waals surface area contributed by atoms with E-state index in [0.29, 0.717) is 18.4 Å². The molecule has 0 unspecified atom stereocenters. The molecule has 1 saturated heterocycles. The average molecular weight is 386 g/mol. The number of aliphatic hydroxyl groups excluding tert-OH is 1. The molecule has 0 spiro atoms. The van der Waals surface area contributed by atoms with Gasteiger partial charge in [-0.25, -0.2) is 4.68 Å². The lowest BCUT2D eigenvalue weighted by Crippen LogP contribution is -2.29. The van der Waals surface area contributed by atoms with Crippen LogP contribution in [0.15, 0.2) is 30.3 Å². The standard InChI is InChI=1S/C21H31N5O2/c1-25-21(23-20(24-25)10-6-14-27)22-11-7-15-28-19-9-5-8-18(16-19)17-26-12-3-2-4-13-26/h5-6,8-10,16,27H,2-4,7,11-15,17H2,1H3,(H,22,23,24). The number of hydrogen-bond donors (Lipinski definition) is 2. The maximum absolute atomic E-state index is 8.82. The van der Waals surface area contributed by atoms with Crippen molar-refractivity contribution in [2.75, 3.05) is 38.2 Å². The number of nitrogens with one attached hydrogen (secondary N) is 1. The van der Waals surface area contributed by atoms with Crippen LogP contribution in [0.2, 0.25) is 0 Å². The zero-order chi connectivity index (χ0) is 19.6. The second kappa shape index (κ2) is 10.8. The molecule has 28 heavy (non-hydrogen) atoms. The molecule has 2 N–H and O–H groups in total. The fourth-order valence-corrected chi connectivity index (χ4v) is 3.36. The van der Waals surface area contributed by atoms with E-state index in [1.807, 2.05) is 13.1 Å². The van der Waals surface area contributed by atoms with Crippen molar-refractivity contribution < 1.29 is 9.84 Å². The number of rotatable bonds is 10. The summed E-state index contributed by atoms with van der Waals surface area (Å²) in [7, 11) is 1.84. The predicted octanol–water partition coefficient (Wildman–Crippen LogP) is 2.69. The monoisotopic (exact) mass is 385 g/mol. The molecular formula is C21H31N5O2. The molecule has 1 aliphatic rings. The molecule has 3 rings (SSSR count). The van der Waals surface area contributed by atoms with Crippen LogP contribution in [0.1, 0.15) is 37.1 Å². The van der Waals surface area contributed by atoms with Crippen molar-refractivity contribution in [2.24, 2.45) is 7.05 Å². The number of aliphatic hydroxyl groups is 1. The van der Waals surface area contributed by atoms with Crippen molar-refractivity contribution in [3.8, 4) is 5.75 Å². The van der Waals surface area contributed by atoms with Gasteiger partial charge in [-0.2, -0.15) is 10.1 Å². The quantitative estimate of drug-likeness (QED) is 0.613. The molecule has 1 aliphatic heterocycles. The Morgan fingerprint density at radius 2 is 2.11 bits per heavy atom. The number of aromatic nitrogens is 3. The summed E-state index contributed by atoms with van der Waals surface area (Å²) < 4.78 is 7.62. The van der Waals surface area contributed by atoms with E-state index in [-0.39, 0.29) is 6.61 Å². The van der Waals surface area contributed by atoms with Gasteiger partial charge in [-0.1, -0.05) is 24.6 Å². The van der Waals surface area contributed by atoms with Gasteiger partial charge in [0.1, 0.15) is 5.75 Å². The largest absolute Gasteiger partial charge is 0.494 e. The highest BCUT2D eigenvalue weighted by atomic mass is 16.5. The third-order valence-corrected chi connectivity index (χ3v) is 4.78. The SMILES string of the molecule is Cn1nc(C=CCO)nc1NCCCOc1cccc(CN2CCCCC2)c1. The van der Waals surface area contributed by atoms with Gasteiger partial charge in [-0.3, -0.25) is 4.90 Å². The summed E-state index contributed by atoms with van der Waals surface area (Å²) in [4.78, 5) is 6.89. The van der Waals surface area contributed by atoms with Crippen LogP contribution in [-0.4, -0.2) is 57.6 Å². The molecule has 7 heteroatoms. The molecular weight excluding hydrogens is 354 g/mol. The number of ether oxygens (including phenoxy) is 1. The third kappa shape index (κ3) is 6.35. The molecule has 1 aromatic heterocycles. The van der Waals surface area contributed by atoms with Crippen molar-refractivity contribution in [3.63, 3.8) is 0 Å². The van der Waals surface area contributed by atoms with Crippen LogP contribution >= 0.6 is 0 Å². The Labute approximate surface area is 167 Å². The highest BCUT2D eigenvalue weighted by molar-refractivity contribution is 5.42. The molecule has 2 aromatic rings. The number of anilines is 1. The van der Waals surface area contributed by atoms with Gasteiger partial charge >= 0.3 is 0 Å². The Morgan fingerprint density at radius 3 is 2.93 bits per heavy atom. The van der Waals surface area contributed by atoms with E-state index in [1.54, 1.807) is 16.8 Å². The highest BCUT2D eigenvalue weighted by Gasteiger charge is 2.10. The van der Waals surface area contributed by atoms with Crippen LogP contribution < -0.4 is 10.1 Å². The molecule has 0 saturated carbocycles. The Bertz CT molecular complexity index is 753. The number of hydrogen-bond acceptors (Lipinski definition) is 6. The number of likely N-dealkylation sites (tertiary alicyclic amines) is 1. The van der Waals surface area contributed by atoms with Gasteiger partial charge in [0.05, 0.1) is 13.2 Å². The zero-order valence-corrected chi connectivity index (χ0v) is 16.7. The number of aryl methyl sites for hydroxylation is 1. The van der Waals surface area contributed by atoms with Crippen molar-refractivity contribution in [2.45, 2.75) is 32.2 Å². The first-order valence-electron chi connectivity index (χ1n) is 10.1. The number of piperidine rings is 1. The van der Waals surface area contributed by atoms with E-state index in [0.717, 1.165) is 25.3 Å². The Balaban J connectivity index is 1.39. The summed E-state index contributed by atoms with van der Waals surface area (Å²) in [5.41, 5.74) is 1.32. The molecule has 7 nitrogen and oxygen atoms in total. The van der Waals surface area contributed by atoms with E-state index >= 15 is 0 Å². The lowest BCUT2D eigenvalue weighted by Gasteiger charge is -2.26. The van der Waals surface area contributed by atoms with E-state index in [4.69, 9.17) is 9.84 Å². The Hall–Kier alpha value is -2.38. The lowest BCUT2D eigenvalue weighted by molar-refractivity contribution is 0.220. The first kappa shape index (κ1) is 20.4. The van der Waals surface area contributed by atoms with Gasteiger partial charge in [-0.05, 0) is 56.1 Å². The van der Waals surface area contributed by atoms with Gasteiger partial charge in [-0.15, -0.1) is 0 Å². The second-order valence-corrected chi connectivity index (χ2v) is 7.12. The first-order chi connectivity index (χ1) is 13.7. The van der Waals surface area contributed by atoms with Crippen LogP contribution in [0, 0.1) is 0 Å². The van der Waals surface area contributed by atoms with Crippen LogP contribution in [0.4, 0.5) is 5.95 Å². The summed E-state index contributed by atoms with van der Waals surface area (Å²) in [6.07, 6.45) is 8.17. The van der Waals surface area contributed by atoms with Crippen LogP contribution in [0.5, 0.6) is 5.75 Å². The van der Waals surface area contributed by atoms with Crippen molar-refractivity contribution in [3.05, 3.63) is 41.7 Å². The second-order valence-electron chi connectivity index (χ2n) is 7.12. The number of nitrogens with zero attached hydrogens (tertiary/aromatic N) is 4. The summed E-state index contributed by atoms with van der Waals surface area (Å²) in [5.74, 6) is 2.23. The average Bonchev–Trinajstić information content (AvgIpc) is 3.07. The van der Waals surface area contributed by atoms with E-state index in [2.05, 4.69) is 38.5 Å². The number of benzene rings is 1. The van der Waals surface area contributed by atoms with Gasteiger partial charge < -0.3 is 15.2 Å². The van der Waals surface area contributed by atoms with Gasteiger partial charge in [0.2, 0.25) is 5.95 Å². The molecule has 152 valence electrons. The van der Waals surface area contributed by atoms with Crippen molar-refractivity contribution >= 4 is 12.0 Å². The summed E-state index contributed by atoms with van der Waals surface area (Å²) in [6.45, 7) is 4.81. The molecule has 0 atom stereocenters. The van der Waals surface area contributed by atoms with Gasteiger partial charge in [0, 0.05) is 20.1 Å². The topological polar surface area (TPSA) is 75.4 Å². The predicted molar refractivity (Wildman–Crippen MR) is 111 cm³/mol. The fraction of sp³-hybridized carbons (Fsp3) is 0.524. The van der Waals surface area contributed by atoms with Gasteiger partial charge in [0.25, 0.3) is 0 Å². The fourth-order valence-electron chi connectivity index (χ4n) is 3.36. The molecule has 1 aromatic carbocycles. The molecule has 0 radical (unpaired) electrons. The van der Waals surface area contributed by atoms with Crippen molar-refractivity contribution in [1.82, 2.24) is 19.7 Å². The first-order valence-corrected chi connectivity index (χ1v) is 10.1. The third-order valence-electron chi connectivity index (χ3n) is 4.78. The summed E-state index contributed by atoms with van der Waals surface area (Å²) in [6, 6.07) is 8.44. The summed E-state index contributed by atoms with van der Waals surface area (Å²) >= 11 is 0. The minimum Gasteiger partial charge on any atom is -0.494 e. The van der Waals surface area contributed by atoms with E-state index in [9.17, 15) is 0 Å². The molecule has 1 fully saturated rings. The maximum atomic E-state index is 8.82. The summed E-state index contributed by atoms with van der Waals surface area (Å²) in [5, 5.41) is 16.3. The minimum absolute atomic E-state index is 0.0163. The highest BCUT2D eigenvalue weighted by Crippen LogP contribution is 2.17. The van der Waals surface area contributed by atoms with E-state index < -0.39 is 0 Å². The van der Waals surface area contributed by atoms with Crippen LogP contribution in [0.3, 0.4) is 0 Å². The van der Waals surface area contributed by atoms with Crippen LogP contribution in [-0.2, 0) is 13.6 Å². The Kier molecular flexibility index (Phi) is 7.87.